The fraction of sp³-hybridized carbons (Fsp3) is 0.400. The molecule has 136 valence electrons. The molecule has 1 aromatic carbocycles. The van der Waals surface area contributed by atoms with Gasteiger partial charge in [0.15, 0.2) is 0 Å². The smallest absolute Gasteiger partial charge is 0.120 e. The molecule has 4 N–H and O–H groups in total. The monoisotopic (exact) mass is 361 g/mol. The molecule has 0 aromatic heterocycles. The summed E-state index contributed by atoms with van der Waals surface area (Å²) >= 11 is 5.52. The van der Waals surface area contributed by atoms with Crippen LogP contribution in [0.2, 0.25) is 0 Å². The van der Waals surface area contributed by atoms with Crippen LogP contribution >= 0.6 is 11.6 Å². The molecular formula is C20H28ClN3O. The average Bonchev–Trinajstić information content (AvgIpc) is 3.06. The molecule has 1 saturated heterocycles. The van der Waals surface area contributed by atoms with E-state index in [4.69, 9.17) is 27.8 Å². The summed E-state index contributed by atoms with van der Waals surface area (Å²) in [7, 11) is 0. The van der Waals surface area contributed by atoms with Crippen molar-refractivity contribution in [2.24, 2.45) is 5.73 Å². The standard InChI is InChI=1S/C20H28ClN3O/c1-2-16(6-4-3-5-10-21)14-24-11-9-19(15-24)25-18-7-8-20(23)17(12-18)13-22/h2-5,7-8,10,12,19H,6,9,11,13-15,22-23H2,1H3/b4-3-,10-5+,16-2+. The van der Waals surface area contributed by atoms with Crippen LogP contribution in [0, 0.1) is 0 Å². The number of hydrogen-bond donors (Lipinski definition) is 2. The zero-order chi connectivity index (χ0) is 18.1. The van der Waals surface area contributed by atoms with Gasteiger partial charge in [-0.1, -0.05) is 41.5 Å². The summed E-state index contributed by atoms with van der Waals surface area (Å²) in [6, 6.07) is 5.73. The SMILES string of the molecule is C/C=C(\C/C=C\C=C\Cl)CN1CCC(Oc2ccc(N)c(CN)c2)C1. The normalized spacial score (nSPS) is 19.3. The Bertz CT molecular complexity index is 640. The first-order valence-electron chi connectivity index (χ1n) is 8.69. The highest BCUT2D eigenvalue weighted by atomic mass is 35.5. The first kappa shape index (κ1) is 19.6. The Balaban J connectivity index is 1.84. The zero-order valence-electron chi connectivity index (χ0n) is 14.8. The van der Waals surface area contributed by atoms with Crippen molar-refractivity contribution >= 4 is 17.3 Å². The van der Waals surface area contributed by atoms with E-state index in [1.165, 1.54) is 11.1 Å². The summed E-state index contributed by atoms with van der Waals surface area (Å²) in [6.45, 7) is 5.47. The van der Waals surface area contributed by atoms with Crippen LogP contribution in [0.15, 0.2) is 53.6 Å². The number of nitrogens with zero attached hydrogens (tertiary/aromatic N) is 1. The summed E-state index contributed by atoms with van der Waals surface area (Å²) in [5.41, 5.74) is 16.2. The lowest BCUT2D eigenvalue weighted by Crippen LogP contribution is -2.26. The molecule has 1 aromatic rings. The fourth-order valence-corrected chi connectivity index (χ4v) is 3.05. The van der Waals surface area contributed by atoms with Crippen LogP contribution in [0.1, 0.15) is 25.3 Å². The van der Waals surface area contributed by atoms with Crippen molar-refractivity contribution in [3.8, 4) is 5.75 Å². The number of rotatable bonds is 8. The summed E-state index contributed by atoms with van der Waals surface area (Å²) in [5, 5.41) is 0. The molecule has 1 heterocycles. The van der Waals surface area contributed by atoms with Gasteiger partial charge in [0.1, 0.15) is 11.9 Å². The van der Waals surface area contributed by atoms with Gasteiger partial charge < -0.3 is 16.2 Å². The van der Waals surface area contributed by atoms with Gasteiger partial charge in [-0.25, -0.2) is 0 Å². The van der Waals surface area contributed by atoms with Crippen molar-refractivity contribution in [2.45, 2.75) is 32.4 Å². The fourth-order valence-electron chi connectivity index (χ4n) is 2.96. The van der Waals surface area contributed by atoms with Gasteiger partial charge in [-0.05, 0) is 43.5 Å². The topological polar surface area (TPSA) is 64.5 Å². The third-order valence-corrected chi connectivity index (χ3v) is 4.55. The number of nitrogen functional groups attached to an aromatic ring is 1. The van der Waals surface area contributed by atoms with Gasteiger partial charge in [0.05, 0.1) is 0 Å². The lowest BCUT2D eigenvalue weighted by molar-refractivity contribution is 0.203. The molecule has 1 aliphatic rings. The number of allylic oxidation sites excluding steroid dienone is 4. The van der Waals surface area contributed by atoms with Crippen LogP contribution in [-0.2, 0) is 6.54 Å². The second-order valence-electron chi connectivity index (χ2n) is 6.23. The minimum absolute atomic E-state index is 0.210. The number of hydrogen-bond acceptors (Lipinski definition) is 4. The van der Waals surface area contributed by atoms with Crippen LogP contribution < -0.4 is 16.2 Å². The predicted molar refractivity (Wildman–Crippen MR) is 107 cm³/mol. The Morgan fingerprint density at radius 2 is 2.24 bits per heavy atom. The molecule has 1 fully saturated rings. The summed E-state index contributed by atoms with van der Waals surface area (Å²) < 4.78 is 6.12. The third kappa shape index (κ3) is 6.24. The lowest BCUT2D eigenvalue weighted by atomic mass is 10.1. The number of halogens is 1. The maximum atomic E-state index is 6.12. The van der Waals surface area contributed by atoms with E-state index in [1.807, 2.05) is 30.4 Å². The second kappa shape index (κ2) is 10.3. The average molecular weight is 362 g/mol. The lowest BCUT2D eigenvalue weighted by Gasteiger charge is -2.18. The van der Waals surface area contributed by atoms with E-state index in [2.05, 4.69) is 24.0 Å². The van der Waals surface area contributed by atoms with E-state index in [1.54, 1.807) is 0 Å². The Morgan fingerprint density at radius 3 is 2.96 bits per heavy atom. The quantitative estimate of drug-likeness (QED) is 0.419. The van der Waals surface area contributed by atoms with Crippen molar-refractivity contribution in [3.05, 3.63) is 59.2 Å². The number of likely N-dealkylation sites (tertiary alicyclic amines) is 1. The molecule has 1 unspecified atom stereocenters. The van der Waals surface area contributed by atoms with E-state index in [9.17, 15) is 0 Å². The van der Waals surface area contributed by atoms with Crippen LogP contribution in [0.25, 0.3) is 0 Å². The molecule has 0 saturated carbocycles. The minimum Gasteiger partial charge on any atom is -0.489 e. The molecule has 25 heavy (non-hydrogen) atoms. The van der Waals surface area contributed by atoms with Gasteiger partial charge in [-0.15, -0.1) is 0 Å². The third-order valence-electron chi connectivity index (χ3n) is 4.40. The van der Waals surface area contributed by atoms with E-state index in [-0.39, 0.29) is 6.10 Å². The van der Waals surface area contributed by atoms with Crippen LogP contribution in [0.5, 0.6) is 5.75 Å². The highest BCUT2D eigenvalue weighted by Gasteiger charge is 2.24. The van der Waals surface area contributed by atoms with Crippen LogP contribution in [-0.4, -0.2) is 30.6 Å². The summed E-state index contributed by atoms with van der Waals surface area (Å²) in [6.07, 6.45) is 10.3. The second-order valence-corrected chi connectivity index (χ2v) is 6.48. The number of nitrogens with two attached hydrogens (primary N) is 2. The van der Waals surface area contributed by atoms with E-state index in [0.29, 0.717) is 6.54 Å². The molecule has 0 radical (unpaired) electrons. The van der Waals surface area contributed by atoms with E-state index in [0.717, 1.165) is 49.5 Å². The van der Waals surface area contributed by atoms with Crippen molar-refractivity contribution in [1.29, 1.82) is 0 Å². The first-order valence-corrected chi connectivity index (χ1v) is 9.13. The first-order chi connectivity index (χ1) is 12.2. The summed E-state index contributed by atoms with van der Waals surface area (Å²) in [5.74, 6) is 0.851. The van der Waals surface area contributed by atoms with Crippen molar-refractivity contribution in [1.82, 2.24) is 4.90 Å². The molecular weight excluding hydrogens is 334 g/mol. The molecule has 2 rings (SSSR count). The van der Waals surface area contributed by atoms with Crippen LogP contribution in [0.3, 0.4) is 0 Å². The van der Waals surface area contributed by atoms with Crippen molar-refractivity contribution in [3.63, 3.8) is 0 Å². The number of benzene rings is 1. The van der Waals surface area contributed by atoms with Gasteiger partial charge >= 0.3 is 0 Å². The van der Waals surface area contributed by atoms with E-state index >= 15 is 0 Å². The van der Waals surface area contributed by atoms with Gasteiger partial charge in [-0.2, -0.15) is 0 Å². The zero-order valence-corrected chi connectivity index (χ0v) is 15.6. The molecule has 4 nitrogen and oxygen atoms in total. The molecule has 1 atom stereocenters. The molecule has 0 spiro atoms. The Morgan fingerprint density at radius 1 is 1.40 bits per heavy atom. The Hall–Kier alpha value is -1.75. The minimum atomic E-state index is 0.210. The Labute approximate surface area is 155 Å². The highest BCUT2D eigenvalue weighted by Crippen LogP contribution is 2.23. The molecule has 0 amide bonds. The predicted octanol–water partition coefficient (Wildman–Crippen LogP) is 3.83. The number of ether oxygens (including phenoxy) is 1. The van der Waals surface area contributed by atoms with Crippen molar-refractivity contribution in [2.75, 3.05) is 25.4 Å². The van der Waals surface area contributed by atoms with Crippen LogP contribution in [0.4, 0.5) is 5.69 Å². The van der Waals surface area contributed by atoms with Crippen molar-refractivity contribution < 1.29 is 4.74 Å². The summed E-state index contributed by atoms with van der Waals surface area (Å²) in [4.78, 5) is 2.44. The largest absolute Gasteiger partial charge is 0.489 e. The molecule has 1 aliphatic heterocycles. The molecule has 5 heteroatoms. The van der Waals surface area contributed by atoms with Gasteiger partial charge in [-0.3, -0.25) is 4.90 Å². The van der Waals surface area contributed by atoms with Gasteiger partial charge in [0.2, 0.25) is 0 Å². The number of anilines is 1. The van der Waals surface area contributed by atoms with Gasteiger partial charge in [0.25, 0.3) is 0 Å². The van der Waals surface area contributed by atoms with Gasteiger partial charge in [0, 0.05) is 37.4 Å². The highest BCUT2D eigenvalue weighted by molar-refractivity contribution is 6.25. The van der Waals surface area contributed by atoms with E-state index < -0.39 is 0 Å². The Kier molecular flexibility index (Phi) is 8.06. The molecule has 0 bridgehead atoms. The maximum Gasteiger partial charge on any atom is 0.120 e. The molecule has 0 aliphatic carbocycles. The maximum absolute atomic E-state index is 6.12.